The third kappa shape index (κ3) is 3.01. The number of nitrogens with two attached hydrogens (primary N) is 1. The van der Waals surface area contributed by atoms with Gasteiger partial charge in [-0.3, -0.25) is 4.40 Å². The molecule has 3 N–H and O–H groups in total. The molecule has 2 atom stereocenters. The van der Waals surface area contributed by atoms with Crippen LogP contribution in [-0.2, 0) is 4.74 Å². The van der Waals surface area contributed by atoms with Gasteiger partial charge >= 0.3 is 0 Å². The Bertz CT molecular complexity index is 595. The smallest absolute Gasteiger partial charge is 0.149 e. The number of nitrogens with zero attached hydrogens (tertiary/aromatic N) is 3. The fourth-order valence-electron chi connectivity index (χ4n) is 2.90. The number of nitrogen functional groups attached to an aromatic ring is 1. The van der Waals surface area contributed by atoms with E-state index in [4.69, 9.17) is 10.5 Å². The molecule has 2 aromatic heterocycles. The molecule has 1 aliphatic heterocycles. The van der Waals surface area contributed by atoms with E-state index in [1.54, 1.807) is 13.3 Å². The molecule has 6 heteroatoms. The molecule has 0 spiro atoms. The highest BCUT2D eigenvalue weighted by Gasteiger charge is 2.29. The van der Waals surface area contributed by atoms with Gasteiger partial charge in [-0.25, -0.2) is 9.97 Å². The Morgan fingerprint density at radius 3 is 2.95 bits per heavy atom. The van der Waals surface area contributed by atoms with Crippen LogP contribution in [0.15, 0.2) is 12.4 Å². The molecular weight excluding hydrogens is 266 g/mol. The van der Waals surface area contributed by atoms with Crippen molar-refractivity contribution in [1.29, 1.82) is 0 Å². The van der Waals surface area contributed by atoms with Gasteiger partial charge in [0.15, 0.2) is 0 Å². The molecule has 6 nitrogen and oxygen atoms in total. The van der Waals surface area contributed by atoms with Crippen LogP contribution in [-0.4, -0.2) is 40.7 Å². The second kappa shape index (κ2) is 6.87. The number of aryl methyl sites for hydroxylation is 1. The van der Waals surface area contributed by atoms with Gasteiger partial charge < -0.3 is 15.8 Å². The van der Waals surface area contributed by atoms with Crippen LogP contribution in [0.4, 0.5) is 5.82 Å². The molecule has 0 aliphatic carbocycles. The Morgan fingerprint density at radius 2 is 2.24 bits per heavy atom. The highest BCUT2D eigenvalue weighted by molar-refractivity contribution is 5.68. The maximum atomic E-state index is 5.94. The quantitative estimate of drug-likeness (QED) is 0.900. The van der Waals surface area contributed by atoms with Crippen LogP contribution in [0.1, 0.15) is 37.7 Å². The molecule has 3 rings (SSSR count). The van der Waals surface area contributed by atoms with Crippen molar-refractivity contribution in [3.63, 3.8) is 0 Å². The predicted molar refractivity (Wildman–Crippen MR) is 84.5 cm³/mol. The van der Waals surface area contributed by atoms with Gasteiger partial charge in [-0.05, 0) is 13.3 Å². The Kier molecular flexibility index (Phi) is 5.14. The Labute approximate surface area is 125 Å². The van der Waals surface area contributed by atoms with E-state index in [2.05, 4.69) is 19.7 Å². The second-order valence-electron chi connectivity index (χ2n) is 5.08. The topological polar surface area (TPSA) is 77.5 Å². The first-order valence-electron chi connectivity index (χ1n) is 7.52. The number of anilines is 1. The summed E-state index contributed by atoms with van der Waals surface area (Å²) in [5, 5.41) is 3.47. The molecule has 0 aromatic carbocycles. The minimum Gasteiger partial charge on any atom is -0.383 e. The maximum absolute atomic E-state index is 5.94. The van der Waals surface area contributed by atoms with Gasteiger partial charge in [-0.1, -0.05) is 13.8 Å². The molecule has 1 saturated heterocycles. The van der Waals surface area contributed by atoms with Crippen LogP contribution in [0.2, 0.25) is 0 Å². The molecular formula is C15H25N5O. The summed E-state index contributed by atoms with van der Waals surface area (Å²) in [5.41, 5.74) is 7.80. The fraction of sp³-hybridized carbons (Fsp3) is 0.600. The van der Waals surface area contributed by atoms with Crippen LogP contribution in [0.25, 0.3) is 5.52 Å². The zero-order valence-electron chi connectivity index (χ0n) is 13.3. The minimum atomic E-state index is 0.392. The van der Waals surface area contributed by atoms with Gasteiger partial charge in [-0.2, -0.15) is 0 Å². The van der Waals surface area contributed by atoms with Crippen molar-refractivity contribution >= 4 is 11.3 Å². The number of ether oxygens (including phenoxy) is 1. The summed E-state index contributed by atoms with van der Waals surface area (Å²) in [6.45, 7) is 7.64. The van der Waals surface area contributed by atoms with Crippen LogP contribution in [0.3, 0.4) is 0 Å². The molecule has 2 aromatic rings. The van der Waals surface area contributed by atoms with Crippen molar-refractivity contribution in [3.05, 3.63) is 23.9 Å². The number of nitrogens with one attached hydrogen (secondary N) is 1. The lowest BCUT2D eigenvalue weighted by Gasteiger charge is -2.09. The van der Waals surface area contributed by atoms with Gasteiger partial charge in [0.2, 0.25) is 0 Å². The third-order valence-corrected chi connectivity index (χ3v) is 3.74. The fourth-order valence-corrected chi connectivity index (χ4v) is 2.90. The van der Waals surface area contributed by atoms with Crippen LogP contribution < -0.4 is 11.1 Å². The van der Waals surface area contributed by atoms with Crippen molar-refractivity contribution in [3.8, 4) is 0 Å². The summed E-state index contributed by atoms with van der Waals surface area (Å²) in [6.07, 6.45) is 4.70. The molecule has 0 amide bonds. The van der Waals surface area contributed by atoms with Crippen molar-refractivity contribution in [1.82, 2.24) is 19.7 Å². The molecule has 0 radical (unpaired) electrons. The van der Waals surface area contributed by atoms with E-state index in [0.29, 0.717) is 17.8 Å². The van der Waals surface area contributed by atoms with E-state index in [-0.39, 0.29) is 0 Å². The summed E-state index contributed by atoms with van der Waals surface area (Å²) in [5.74, 6) is 1.99. The van der Waals surface area contributed by atoms with Gasteiger partial charge in [0, 0.05) is 38.0 Å². The summed E-state index contributed by atoms with van der Waals surface area (Å²) >= 11 is 0. The van der Waals surface area contributed by atoms with Gasteiger partial charge in [0.25, 0.3) is 0 Å². The minimum absolute atomic E-state index is 0.392. The van der Waals surface area contributed by atoms with E-state index in [1.807, 2.05) is 27.0 Å². The van der Waals surface area contributed by atoms with Crippen LogP contribution in [0.5, 0.6) is 0 Å². The predicted octanol–water partition coefficient (Wildman–Crippen LogP) is 1.74. The Balaban J connectivity index is 0.000000774. The lowest BCUT2D eigenvalue weighted by Crippen LogP contribution is -2.25. The summed E-state index contributed by atoms with van der Waals surface area (Å²) in [4.78, 5) is 8.82. The Morgan fingerprint density at radius 1 is 1.48 bits per heavy atom. The standard InChI is InChI=1S/C13H19N5O.C2H6/c1-8-11-12(14)15-3-4-18(11)13(17-8)9-5-10(7-19-2)16-6-9;1-2/h3-4,9-10,16H,5-7H2,1-2H3,(H2,14,15);1-2H3. The van der Waals surface area contributed by atoms with E-state index in [1.165, 1.54) is 0 Å². The average Bonchev–Trinajstić information content (AvgIpc) is 3.07. The number of rotatable bonds is 3. The molecule has 116 valence electrons. The number of methoxy groups -OCH3 is 1. The number of aromatic nitrogens is 3. The van der Waals surface area contributed by atoms with E-state index in [0.717, 1.165) is 36.6 Å². The summed E-state index contributed by atoms with van der Waals surface area (Å²) in [7, 11) is 1.73. The van der Waals surface area contributed by atoms with Crippen molar-refractivity contribution in [2.75, 3.05) is 26.0 Å². The van der Waals surface area contributed by atoms with Crippen molar-refractivity contribution < 1.29 is 4.74 Å². The molecule has 0 saturated carbocycles. The van der Waals surface area contributed by atoms with Gasteiger partial charge in [0.05, 0.1) is 12.3 Å². The lowest BCUT2D eigenvalue weighted by molar-refractivity contribution is 0.173. The first kappa shape index (κ1) is 15.7. The molecule has 1 fully saturated rings. The zero-order chi connectivity index (χ0) is 15.4. The number of fused-ring (bicyclic) bond motifs is 1. The SMILES string of the molecule is CC.COCC1CC(c2nc(C)c3c(N)nccn23)CN1. The van der Waals surface area contributed by atoms with Crippen LogP contribution in [0, 0.1) is 6.92 Å². The largest absolute Gasteiger partial charge is 0.383 e. The van der Waals surface area contributed by atoms with E-state index < -0.39 is 0 Å². The first-order valence-corrected chi connectivity index (χ1v) is 7.52. The number of imidazole rings is 1. The zero-order valence-corrected chi connectivity index (χ0v) is 13.3. The lowest BCUT2D eigenvalue weighted by atomic mass is 10.1. The molecule has 1 aliphatic rings. The van der Waals surface area contributed by atoms with E-state index >= 15 is 0 Å². The second-order valence-corrected chi connectivity index (χ2v) is 5.08. The highest BCUT2D eigenvalue weighted by Crippen LogP contribution is 2.28. The number of hydrogen-bond acceptors (Lipinski definition) is 5. The molecule has 3 heterocycles. The van der Waals surface area contributed by atoms with Gasteiger partial charge in [-0.15, -0.1) is 0 Å². The van der Waals surface area contributed by atoms with Crippen molar-refractivity contribution in [2.45, 2.75) is 39.2 Å². The maximum Gasteiger partial charge on any atom is 0.149 e. The monoisotopic (exact) mass is 291 g/mol. The first-order chi connectivity index (χ1) is 10.2. The van der Waals surface area contributed by atoms with Gasteiger partial charge in [0.1, 0.15) is 17.2 Å². The Hall–Kier alpha value is -1.66. The third-order valence-electron chi connectivity index (χ3n) is 3.74. The van der Waals surface area contributed by atoms with E-state index in [9.17, 15) is 0 Å². The van der Waals surface area contributed by atoms with Crippen LogP contribution >= 0.6 is 0 Å². The normalized spacial score (nSPS) is 21.3. The van der Waals surface area contributed by atoms with Crippen molar-refractivity contribution in [2.24, 2.45) is 0 Å². The molecule has 0 bridgehead atoms. The highest BCUT2D eigenvalue weighted by atomic mass is 16.5. The molecule has 21 heavy (non-hydrogen) atoms. The molecule has 2 unspecified atom stereocenters. The average molecular weight is 291 g/mol. The number of hydrogen-bond donors (Lipinski definition) is 2. The summed E-state index contributed by atoms with van der Waals surface area (Å²) in [6, 6.07) is 0.404. The summed E-state index contributed by atoms with van der Waals surface area (Å²) < 4.78 is 7.27.